The zero-order chi connectivity index (χ0) is 29.1. The van der Waals surface area contributed by atoms with Gasteiger partial charge in [-0.3, -0.25) is 4.79 Å². The lowest BCUT2D eigenvalue weighted by molar-refractivity contribution is -0.147. The summed E-state index contributed by atoms with van der Waals surface area (Å²) < 4.78 is 19.1. The summed E-state index contributed by atoms with van der Waals surface area (Å²) in [5.74, 6) is 1.12. The maximum Gasteiger partial charge on any atom is 0.257 e. The summed E-state index contributed by atoms with van der Waals surface area (Å²) in [6, 6.07) is 0.126. The summed E-state index contributed by atoms with van der Waals surface area (Å²) in [5.41, 5.74) is -0.581. The molecule has 1 amide bonds. The Balaban J connectivity index is 1.86. The van der Waals surface area contributed by atoms with Crippen molar-refractivity contribution in [1.29, 1.82) is 0 Å². The highest BCUT2D eigenvalue weighted by Gasteiger charge is 2.57. The highest BCUT2D eigenvalue weighted by Crippen LogP contribution is 2.42. The molecule has 0 aromatic heterocycles. The van der Waals surface area contributed by atoms with Gasteiger partial charge in [0.15, 0.2) is 14.4 Å². The third kappa shape index (κ3) is 11.3. The molecule has 2 rings (SSSR count). The van der Waals surface area contributed by atoms with Crippen LogP contribution in [0.25, 0.3) is 0 Å². The first-order valence-electron chi connectivity index (χ1n) is 16.1. The predicted molar refractivity (Wildman–Crippen MR) is 170 cm³/mol. The number of rotatable bonds is 20. The van der Waals surface area contributed by atoms with Crippen LogP contribution in [0.15, 0.2) is 0 Å². The molecule has 0 bridgehead atoms. The van der Waals surface area contributed by atoms with Crippen molar-refractivity contribution in [1.82, 2.24) is 4.90 Å². The van der Waals surface area contributed by atoms with Crippen molar-refractivity contribution in [3.8, 4) is 0 Å². The molecule has 2 aliphatic heterocycles. The quantitative estimate of drug-likeness (QED) is 0.0811. The van der Waals surface area contributed by atoms with Gasteiger partial charge in [-0.2, -0.15) is 11.8 Å². The zero-order valence-corrected chi connectivity index (χ0v) is 28.9. The largest absolute Gasteiger partial charge is 0.411 e. The van der Waals surface area contributed by atoms with Crippen molar-refractivity contribution < 1.29 is 18.7 Å². The third-order valence-corrected chi connectivity index (χ3v) is 14.3. The molecule has 7 heteroatoms. The normalized spacial score (nSPS) is 23.8. The van der Waals surface area contributed by atoms with Crippen molar-refractivity contribution in [3.63, 3.8) is 0 Å². The first-order chi connectivity index (χ1) is 18.4. The van der Waals surface area contributed by atoms with Gasteiger partial charge in [0.25, 0.3) is 5.91 Å². The van der Waals surface area contributed by atoms with Crippen LogP contribution in [0, 0.1) is 0 Å². The van der Waals surface area contributed by atoms with E-state index in [1.165, 1.54) is 70.6 Å². The number of ether oxygens (including phenoxy) is 2. The molecule has 0 saturated carbocycles. The van der Waals surface area contributed by atoms with Crippen LogP contribution >= 0.6 is 11.8 Å². The van der Waals surface area contributed by atoms with Gasteiger partial charge < -0.3 is 18.8 Å². The maximum absolute atomic E-state index is 13.7. The number of carbonyl (C=O) groups excluding carboxylic acids is 1. The number of unbranched alkanes of at least 4 members (excludes halogenated alkanes) is 11. The Labute approximate surface area is 247 Å². The average molecular weight is 586 g/mol. The fourth-order valence-corrected chi connectivity index (χ4v) is 7.44. The van der Waals surface area contributed by atoms with E-state index in [0.717, 1.165) is 25.0 Å². The first-order valence-corrected chi connectivity index (χ1v) is 20.4. The second-order valence-corrected chi connectivity index (χ2v) is 19.8. The van der Waals surface area contributed by atoms with E-state index in [9.17, 15) is 4.79 Å². The number of hydrogen-bond acceptors (Lipinski definition) is 5. The molecule has 2 heterocycles. The fourth-order valence-electron chi connectivity index (χ4n) is 5.57. The molecule has 4 atom stereocenters. The van der Waals surface area contributed by atoms with Crippen LogP contribution in [-0.2, 0) is 18.7 Å². The smallest absolute Gasteiger partial charge is 0.257 e. The molecule has 230 valence electrons. The van der Waals surface area contributed by atoms with E-state index in [1.54, 1.807) is 0 Å². The SMILES string of the molecule is CCCCCCCCCCCCCC[C@@H](O[Si](C)(C)C(C)(C)C)[C@H]1O[C@@H]1C(=O)N1[C@@H](CCSC)COC1(C)C. The van der Waals surface area contributed by atoms with Crippen LogP contribution in [0.2, 0.25) is 18.1 Å². The second-order valence-electron chi connectivity index (χ2n) is 14.0. The Morgan fingerprint density at radius 1 is 1.00 bits per heavy atom. The zero-order valence-electron chi connectivity index (χ0n) is 27.1. The third-order valence-electron chi connectivity index (χ3n) is 9.20. The van der Waals surface area contributed by atoms with E-state index in [0.29, 0.717) is 6.61 Å². The standard InChI is InChI=1S/C32H63NO4SSi/c1-10-11-12-13-14-15-16-17-18-19-20-21-22-27(37-39(8,9)31(2,3)4)28-29(36-28)30(34)33-26(23-24-38-7)25-35-32(33,5)6/h26-29H,10-25H2,1-9H3/t26-,27+,28+,29-/m0/s1. The van der Waals surface area contributed by atoms with E-state index in [4.69, 9.17) is 13.9 Å². The number of thioether (sulfide) groups is 1. The Kier molecular flexibility index (Phi) is 14.9. The van der Waals surface area contributed by atoms with E-state index >= 15 is 0 Å². The Bertz CT molecular complexity index is 711. The lowest BCUT2D eigenvalue weighted by atomic mass is 10.0. The maximum atomic E-state index is 13.7. The molecule has 2 fully saturated rings. The molecule has 0 radical (unpaired) electrons. The fraction of sp³-hybridized carbons (Fsp3) is 0.969. The van der Waals surface area contributed by atoms with Crippen LogP contribution in [0.1, 0.15) is 131 Å². The molecule has 2 aliphatic rings. The van der Waals surface area contributed by atoms with E-state index in [1.807, 2.05) is 30.5 Å². The van der Waals surface area contributed by atoms with Gasteiger partial charge in [-0.1, -0.05) is 105 Å². The first kappa shape index (κ1) is 35.1. The van der Waals surface area contributed by atoms with Crippen LogP contribution in [0.5, 0.6) is 0 Å². The molecule has 0 aromatic carbocycles. The van der Waals surface area contributed by atoms with E-state index in [2.05, 4.69) is 47.0 Å². The van der Waals surface area contributed by atoms with Crippen molar-refractivity contribution in [3.05, 3.63) is 0 Å². The molecular formula is C32H63NO4SSi. The van der Waals surface area contributed by atoms with Gasteiger partial charge in [0.1, 0.15) is 11.8 Å². The van der Waals surface area contributed by atoms with Crippen LogP contribution < -0.4 is 0 Å². The molecular weight excluding hydrogens is 523 g/mol. The molecule has 39 heavy (non-hydrogen) atoms. The molecule has 2 saturated heterocycles. The number of nitrogens with zero attached hydrogens (tertiary/aromatic N) is 1. The van der Waals surface area contributed by atoms with Crippen LogP contribution in [0.4, 0.5) is 0 Å². The van der Waals surface area contributed by atoms with Gasteiger partial charge in [-0.15, -0.1) is 0 Å². The number of epoxide rings is 1. The minimum Gasteiger partial charge on any atom is -0.411 e. The Morgan fingerprint density at radius 2 is 1.54 bits per heavy atom. The minimum atomic E-state index is -1.98. The Hall–Kier alpha value is -0.0831. The number of amides is 1. The van der Waals surface area contributed by atoms with Crippen molar-refractivity contribution >= 4 is 26.0 Å². The molecule has 0 N–H and O–H groups in total. The predicted octanol–water partition coefficient (Wildman–Crippen LogP) is 8.95. The monoisotopic (exact) mass is 585 g/mol. The molecule has 0 aliphatic carbocycles. The highest BCUT2D eigenvalue weighted by molar-refractivity contribution is 7.98. The van der Waals surface area contributed by atoms with Crippen molar-refractivity contribution in [2.24, 2.45) is 0 Å². The Morgan fingerprint density at radius 3 is 2.05 bits per heavy atom. The topological polar surface area (TPSA) is 51.3 Å². The van der Waals surface area contributed by atoms with Gasteiger partial charge >= 0.3 is 0 Å². The van der Waals surface area contributed by atoms with Gasteiger partial charge in [0, 0.05) is 0 Å². The number of carbonyl (C=O) groups is 1. The van der Waals surface area contributed by atoms with Crippen molar-refractivity contribution in [2.75, 3.05) is 18.6 Å². The van der Waals surface area contributed by atoms with Gasteiger partial charge in [-0.05, 0) is 56.8 Å². The van der Waals surface area contributed by atoms with E-state index in [-0.39, 0.29) is 29.2 Å². The molecule has 5 nitrogen and oxygen atoms in total. The lowest BCUT2D eigenvalue weighted by Gasteiger charge is -2.39. The summed E-state index contributed by atoms with van der Waals surface area (Å²) in [6.45, 7) is 18.4. The van der Waals surface area contributed by atoms with Gasteiger partial charge in [0.05, 0.1) is 18.8 Å². The van der Waals surface area contributed by atoms with Gasteiger partial charge in [0.2, 0.25) is 0 Å². The summed E-state index contributed by atoms with van der Waals surface area (Å²) in [5, 5.41) is 0.129. The summed E-state index contributed by atoms with van der Waals surface area (Å²) in [4.78, 5) is 15.7. The second kappa shape index (κ2) is 16.5. The summed E-state index contributed by atoms with van der Waals surface area (Å²) in [6.07, 6.45) is 19.7. The van der Waals surface area contributed by atoms with Crippen molar-refractivity contribution in [2.45, 2.75) is 180 Å². The van der Waals surface area contributed by atoms with Crippen LogP contribution in [0.3, 0.4) is 0 Å². The van der Waals surface area contributed by atoms with Gasteiger partial charge in [-0.25, -0.2) is 0 Å². The number of hydrogen-bond donors (Lipinski definition) is 0. The minimum absolute atomic E-state index is 0.000701. The van der Waals surface area contributed by atoms with E-state index < -0.39 is 20.1 Å². The molecule has 0 aromatic rings. The molecule has 0 spiro atoms. The summed E-state index contributed by atoms with van der Waals surface area (Å²) in [7, 11) is -1.98. The molecule has 0 unspecified atom stereocenters. The summed E-state index contributed by atoms with van der Waals surface area (Å²) >= 11 is 1.82. The lowest BCUT2D eigenvalue weighted by Crippen LogP contribution is -2.51. The average Bonchev–Trinajstić information content (AvgIpc) is 3.59. The van der Waals surface area contributed by atoms with Crippen LogP contribution in [-0.4, -0.2) is 67.8 Å². The highest BCUT2D eigenvalue weighted by atomic mass is 32.2.